The van der Waals surface area contributed by atoms with E-state index in [1.807, 2.05) is 11.8 Å². The minimum Gasteiger partial charge on any atom is -0.377 e. The van der Waals surface area contributed by atoms with Gasteiger partial charge in [0.25, 0.3) is 5.69 Å². The summed E-state index contributed by atoms with van der Waals surface area (Å²) < 4.78 is 5.33. The van der Waals surface area contributed by atoms with E-state index in [4.69, 9.17) is 4.74 Å². The lowest BCUT2D eigenvalue weighted by Gasteiger charge is -2.35. The van der Waals surface area contributed by atoms with Crippen LogP contribution in [0.2, 0.25) is 0 Å². The number of anilines is 1. The van der Waals surface area contributed by atoms with E-state index in [1.165, 1.54) is 12.1 Å². The van der Waals surface area contributed by atoms with Gasteiger partial charge in [0.2, 0.25) is 0 Å². The quantitative estimate of drug-likeness (QED) is 0.463. The third-order valence-corrected chi connectivity index (χ3v) is 3.03. The van der Waals surface area contributed by atoms with Crippen molar-refractivity contribution in [3.63, 3.8) is 0 Å². The number of carbonyl (C=O) groups excluding carboxylic acids is 1. The van der Waals surface area contributed by atoms with Gasteiger partial charge in [0, 0.05) is 36.0 Å². The van der Waals surface area contributed by atoms with E-state index in [9.17, 15) is 14.9 Å². The highest BCUT2D eigenvalue weighted by Gasteiger charge is 2.22. The van der Waals surface area contributed by atoms with Crippen LogP contribution in [-0.4, -0.2) is 37.0 Å². The van der Waals surface area contributed by atoms with E-state index in [1.54, 1.807) is 6.07 Å². The van der Waals surface area contributed by atoms with E-state index >= 15 is 0 Å². The van der Waals surface area contributed by atoms with Crippen LogP contribution in [0.15, 0.2) is 18.2 Å². The average molecular weight is 250 g/mol. The largest absolute Gasteiger partial charge is 0.377 e. The summed E-state index contributed by atoms with van der Waals surface area (Å²) in [5.74, 6) is 0. The number of hydrogen-bond acceptors (Lipinski definition) is 5. The van der Waals surface area contributed by atoms with Crippen LogP contribution >= 0.6 is 0 Å². The van der Waals surface area contributed by atoms with Gasteiger partial charge in [-0.1, -0.05) is 0 Å². The Labute approximate surface area is 104 Å². The van der Waals surface area contributed by atoms with E-state index in [2.05, 4.69) is 0 Å². The van der Waals surface area contributed by atoms with Gasteiger partial charge >= 0.3 is 0 Å². The van der Waals surface area contributed by atoms with Gasteiger partial charge in [-0.2, -0.15) is 0 Å². The molecule has 1 aliphatic rings. The minimum atomic E-state index is -0.500. The number of nitro benzene ring substituents is 1. The van der Waals surface area contributed by atoms with Crippen molar-refractivity contribution in [3.05, 3.63) is 33.9 Å². The first kappa shape index (κ1) is 12.5. The van der Waals surface area contributed by atoms with Gasteiger partial charge in [-0.25, -0.2) is 0 Å². The highest BCUT2D eigenvalue weighted by molar-refractivity contribution is 5.86. The summed E-state index contributed by atoms with van der Waals surface area (Å²) in [7, 11) is 0. The fraction of sp³-hybridized carbons (Fsp3) is 0.417. The third-order valence-electron chi connectivity index (χ3n) is 3.03. The number of hydrogen-bond donors (Lipinski definition) is 0. The first-order valence-corrected chi connectivity index (χ1v) is 5.71. The molecule has 0 saturated carbocycles. The molecule has 0 spiro atoms. The second-order valence-corrected chi connectivity index (χ2v) is 4.24. The second-order valence-electron chi connectivity index (χ2n) is 4.24. The lowest BCUT2D eigenvalue weighted by atomic mass is 10.1. The van der Waals surface area contributed by atoms with Crippen molar-refractivity contribution in [1.82, 2.24) is 0 Å². The number of morpholine rings is 1. The van der Waals surface area contributed by atoms with E-state index in [0.717, 1.165) is 5.69 Å². The van der Waals surface area contributed by atoms with Gasteiger partial charge in [-0.15, -0.1) is 0 Å². The van der Waals surface area contributed by atoms with Crippen LogP contribution < -0.4 is 4.90 Å². The van der Waals surface area contributed by atoms with Gasteiger partial charge in [-0.3, -0.25) is 14.9 Å². The van der Waals surface area contributed by atoms with Gasteiger partial charge in [0.1, 0.15) is 0 Å². The Kier molecular flexibility index (Phi) is 3.57. The van der Waals surface area contributed by atoms with Crippen molar-refractivity contribution >= 4 is 17.7 Å². The molecule has 0 radical (unpaired) electrons. The normalized spacial score (nSPS) is 19.6. The minimum absolute atomic E-state index is 0.0678. The number of carbonyl (C=O) groups is 1. The number of ether oxygens (including phenoxy) is 1. The molecule has 1 aliphatic heterocycles. The second kappa shape index (κ2) is 5.14. The summed E-state index contributed by atoms with van der Waals surface area (Å²) in [5, 5.41) is 10.7. The molecule has 1 fully saturated rings. The van der Waals surface area contributed by atoms with Crippen LogP contribution in [0.3, 0.4) is 0 Å². The smallest absolute Gasteiger partial charge is 0.270 e. The topological polar surface area (TPSA) is 72.7 Å². The lowest BCUT2D eigenvalue weighted by Crippen LogP contribution is -2.44. The molecule has 0 bridgehead atoms. The highest BCUT2D eigenvalue weighted by Crippen LogP contribution is 2.26. The van der Waals surface area contributed by atoms with Crippen molar-refractivity contribution < 1.29 is 14.5 Å². The predicted molar refractivity (Wildman–Crippen MR) is 66.1 cm³/mol. The highest BCUT2D eigenvalue weighted by atomic mass is 16.6. The maximum Gasteiger partial charge on any atom is 0.270 e. The number of benzene rings is 1. The summed E-state index contributed by atoms with van der Waals surface area (Å²) in [5.41, 5.74) is 1.01. The standard InChI is InChI=1S/C12H14N2O4/c1-9-8-18-5-4-13(9)12-3-2-11(14(16)17)6-10(12)7-15/h2-3,6-7,9H,4-5,8H2,1H3. The maximum absolute atomic E-state index is 11.1. The number of nitrogens with zero attached hydrogens (tertiary/aromatic N) is 2. The van der Waals surface area contributed by atoms with Crippen molar-refractivity contribution in [1.29, 1.82) is 0 Å². The van der Waals surface area contributed by atoms with Crippen molar-refractivity contribution in [2.75, 3.05) is 24.7 Å². The van der Waals surface area contributed by atoms with Crippen LogP contribution in [-0.2, 0) is 4.74 Å². The molecule has 6 nitrogen and oxygen atoms in total. The van der Waals surface area contributed by atoms with E-state index in [0.29, 0.717) is 31.6 Å². The van der Waals surface area contributed by atoms with Crippen LogP contribution in [0.5, 0.6) is 0 Å². The summed E-state index contributed by atoms with van der Waals surface area (Å²) in [6.45, 7) is 3.86. The van der Waals surface area contributed by atoms with Crippen molar-refractivity contribution in [3.8, 4) is 0 Å². The molecule has 1 aromatic carbocycles. The van der Waals surface area contributed by atoms with E-state index in [-0.39, 0.29) is 11.7 Å². The summed E-state index contributed by atoms with van der Waals surface area (Å²) in [6.07, 6.45) is 0.657. The number of nitro groups is 1. The Bertz CT molecular complexity index is 475. The van der Waals surface area contributed by atoms with Gasteiger partial charge in [-0.05, 0) is 13.0 Å². The molecule has 18 heavy (non-hydrogen) atoms. The molecule has 2 rings (SSSR count). The monoisotopic (exact) mass is 250 g/mol. The fourth-order valence-corrected chi connectivity index (χ4v) is 2.10. The predicted octanol–water partition coefficient (Wildman–Crippen LogP) is 1.63. The maximum atomic E-state index is 11.1. The van der Waals surface area contributed by atoms with Crippen molar-refractivity contribution in [2.24, 2.45) is 0 Å². The molecule has 0 amide bonds. The average Bonchev–Trinajstić information content (AvgIpc) is 2.38. The summed E-state index contributed by atoms with van der Waals surface area (Å²) in [4.78, 5) is 23.3. The Morgan fingerprint density at radius 2 is 2.33 bits per heavy atom. The molecular formula is C12H14N2O4. The first-order valence-electron chi connectivity index (χ1n) is 5.71. The van der Waals surface area contributed by atoms with Gasteiger partial charge < -0.3 is 9.64 Å². The van der Waals surface area contributed by atoms with Crippen LogP contribution in [0.4, 0.5) is 11.4 Å². The molecule has 1 heterocycles. The summed E-state index contributed by atoms with van der Waals surface area (Å²) in [6, 6.07) is 4.51. The molecule has 1 atom stereocenters. The van der Waals surface area contributed by atoms with Crippen LogP contribution in [0, 0.1) is 10.1 Å². The number of non-ortho nitro benzene ring substituents is 1. The zero-order valence-corrected chi connectivity index (χ0v) is 10.0. The molecule has 1 unspecified atom stereocenters. The number of aldehydes is 1. The molecule has 0 aromatic heterocycles. The van der Waals surface area contributed by atoms with Crippen LogP contribution in [0.1, 0.15) is 17.3 Å². The zero-order valence-electron chi connectivity index (χ0n) is 10.0. The zero-order chi connectivity index (χ0) is 13.1. The van der Waals surface area contributed by atoms with Gasteiger partial charge in [0.05, 0.1) is 18.1 Å². The van der Waals surface area contributed by atoms with Crippen LogP contribution in [0.25, 0.3) is 0 Å². The Morgan fingerprint density at radius 3 is 2.94 bits per heavy atom. The molecule has 6 heteroatoms. The lowest BCUT2D eigenvalue weighted by molar-refractivity contribution is -0.384. The van der Waals surface area contributed by atoms with E-state index < -0.39 is 4.92 Å². The van der Waals surface area contributed by atoms with Crippen molar-refractivity contribution in [2.45, 2.75) is 13.0 Å². The Balaban J connectivity index is 2.37. The molecular weight excluding hydrogens is 236 g/mol. The summed E-state index contributed by atoms with van der Waals surface area (Å²) >= 11 is 0. The fourth-order valence-electron chi connectivity index (χ4n) is 2.10. The number of rotatable bonds is 3. The van der Waals surface area contributed by atoms with Gasteiger partial charge in [0.15, 0.2) is 6.29 Å². The SMILES string of the molecule is CC1COCCN1c1ccc([N+](=O)[O-])cc1C=O. The molecule has 1 aromatic rings. The third kappa shape index (κ3) is 2.33. The molecule has 0 N–H and O–H groups in total. The Morgan fingerprint density at radius 1 is 1.56 bits per heavy atom. The molecule has 1 saturated heterocycles. The first-order chi connectivity index (χ1) is 8.63. The molecule has 0 aliphatic carbocycles. The Hall–Kier alpha value is -1.95. The molecule has 96 valence electrons.